The summed E-state index contributed by atoms with van der Waals surface area (Å²) >= 11 is 1.34. The Morgan fingerprint density at radius 1 is 1.36 bits per heavy atom. The third-order valence-electron chi connectivity index (χ3n) is 4.49. The van der Waals surface area contributed by atoms with Crippen LogP contribution in [0, 0.1) is 0 Å². The molecule has 2 aliphatic heterocycles. The number of fused-ring (bicyclic) bond motifs is 1. The Labute approximate surface area is 148 Å². The van der Waals surface area contributed by atoms with Gasteiger partial charge in [0.25, 0.3) is 0 Å². The topological polar surface area (TPSA) is 136 Å². The SMILES string of the molecule is CC1(C)S[C@@H]2[C@H](NC(=O)[C@H](N)c3ccc([O-])cc3)C(=O)N2[C@H]1C(=O)O. The predicted molar refractivity (Wildman–Crippen MR) is 88.5 cm³/mol. The second kappa shape index (κ2) is 5.92. The van der Waals surface area contributed by atoms with E-state index in [0.29, 0.717) is 5.56 Å². The average molecular weight is 364 g/mol. The Hall–Kier alpha value is -2.26. The fourth-order valence-electron chi connectivity index (χ4n) is 3.21. The summed E-state index contributed by atoms with van der Waals surface area (Å²) in [4.78, 5) is 37.4. The average Bonchev–Trinajstić information content (AvgIpc) is 2.80. The van der Waals surface area contributed by atoms with E-state index in [1.54, 1.807) is 13.8 Å². The first kappa shape index (κ1) is 17.6. The summed E-state index contributed by atoms with van der Waals surface area (Å²) in [7, 11) is 0. The molecule has 2 heterocycles. The Morgan fingerprint density at radius 3 is 2.52 bits per heavy atom. The molecule has 134 valence electrons. The van der Waals surface area contributed by atoms with Crippen molar-refractivity contribution in [2.75, 3.05) is 0 Å². The molecule has 8 nitrogen and oxygen atoms in total. The van der Waals surface area contributed by atoms with Gasteiger partial charge in [-0.2, -0.15) is 0 Å². The van der Waals surface area contributed by atoms with E-state index in [9.17, 15) is 24.6 Å². The van der Waals surface area contributed by atoms with E-state index >= 15 is 0 Å². The maximum atomic E-state index is 12.3. The fraction of sp³-hybridized carbons (Fsp3) is 0.438. The van der Waals surface area contributed by atoms with Crippen LogP contribution in [-0.4, -0.2) is 50.0 Å². The zero-order valence-electron chi connectivity index (χ0n) is 13.6. The van der Waals surface area contributed by atoms with Gasteiger partial charge in [-0.3, -0.25) is 9.59 Å². The largest absolute Gasteiger partial charge is 0.872 e. The van der Waals surface area contributed by atoms with E-state index in [-0.39, 0.29) is 5.75 Å². The van der Waals surface area contributed by atoms with E-state index in [4.69, 9.17) is 5.73 Å². The molecule has 2 amide bonds. The van der Waals surface area contributed by atoms with Gasteiger partial charge < -0.3 is 26.2 Å². The number of carboxylic acid groups (broad SMARTS) is 1. The lowest BCUT2D eigenvalue weighted by Crippen LogP contribution is -2.71. The molecular formula is C16H18N3O5S-. The Balaban J connectivity index is 1.70. The normalized spacial score (nSPS) is 28.0. The van der Waals surface area contributed by atoms with Gasteiger partial charge in [0, 0.05) is 4.75 Å². The number of rotatable bonds is 4. The maximum Gasteiger partial charge on any atom is 0.327 e. The molecule has 0 radical (unpaired) electrons. The summed E-state index contributed by atoms with van der Waals surface area (Å²) in [6.45, 7) is 3.52. The molecule has 25 heavy (non-hydrogen) atoms. The van der Waals surface area contributed by atoms with Crippen molar-refractivity contribution in [1.29, 1.82) is 0 Å². The van der Waals surface area contributed by atoms with Gasteiger partial charge in [0.05, 0.1) is 0 Å². The number of carboxylic acids is 1. The van der Waals surface area contributed by atoms with Crippen molar-refractivity contribution in [3.8, 4) is 5.75 Å². The van der Waals surface area contributed by atoms with Crippen LogP contribution in [0.1, 0.15) is 25.5 Å². The lowest BCUT2D eigenvalue weighted by atomic mass is 9.95. The molecule has 0 spiro atoms. The van der Waals surface area contributed by atoms with E-state index in [1.165, 1.54) is 40.9 Å². The minimum Gasteiger partial charge on any atom is -0.872 e. The van der Waals surface area contributed by atoms with Crippen molar-refractivity contribution in [3.05, 3.63) is 29.8 Å². The number of nitrogens with zero attached hydrogens (tertiary/aromatic N) is 1. The van der Waals surface area contributed by atoms with Gasteiger partial charge in [0.1, 0.15) is 23.5 Å². The third-order valence-corrected chi connectivity index (χ3v) is 6.07. The van der Waals surface area contributed by atoms with E-state index < -0.39 is 46.0 Å². The minimum atomic E-state index is -1.06. The molecule has 0 unspecified atom stereocenters. The van der Waals surface area contributed by atoms with Crippen molar-refractivity contribution < 1.29 is 24.6 Å². The van der Waals surface area contributed by atoms with Crippen LogP contribution in [0.25, 0.3) is 0 Å². The van der Waals surface area contributed by atoms with Crippen molar-refractivity contribution in [3.63, 3.8) is 0 Å². The molecule has 9 heteroatoms. The highest BCUT2D eigenvalue weighted by molar-refractivity contribution is 8.01. The number of carbonyl (C=O) groups excluding carboxylic acids is 2. The molecule has 2 aliphatic rings. The van der Waals surface area contributed by atoms with Crippen LogP contribution >= 0.6 is 11.8 Å². The first-order chi connectivity index (χ1) is 11.6. The third kappa shape index (κ3) is 2.83. The summed E-state index contributed by atoms with van der Waals surface area (Å²) in [5.74, 6) is -2.22. The minimum absolute atomic E-state index is 0.189. The Kier molecular flexibility index (Phi) is 4.16. The highest BCUT2D eigenvalue weighted by Crippen LogP contribution is 2.50. The molecule has 1 aromatic carbocycles. The van der Waals surface area contributed by atoms with Gasteiger partial charge in [-0.1, -0.05) is 24.3 Å². The molecule has 2 fully saturated rings. The highest BCUT2D eigenvalue weighted by Gasteiger charge is 2.64. The summed E-state index contributed by atoms with van der Waals surface area (Å²) in [5, 5.41) is 22.7. The van der Waals surface area contributed by atoms with Gasteiger partial charge in [0.15, 0.2) is 0 Å². The summed E-state index contributed by atoms with van der Waals surface area (Å²) in [6.07, 6.45) is 0. The summed E-state index contributed by atoms with van der Waals surface area (Å²) in [5.41, 5.74) is 6.35. The summed E-state index contributed by atoms with van der Waals surface area (Å²) < 4.78 is -0.655. The number of hydrogen-bond donors (Lipinski definition) is 3. The predicted octanol–water partition coefficient (Wildman–Crippen LogP) is -0.608. The molecule has 4 N–H and O–H groups in total. The molecule has 0 aromatic heterocycles. The molecule has 0 aliphatic carbocycles. The number of aliphatic carboxylic acids is 1. The Morgan fingerprint density at radius 2 is 1.96 bits per heavy atom. The number of benzene rings is 1. The van der Waals surface area contributed by atoms with Gasteiger partial charge in [0.2, 0.25) is 11.8 Å². The Bertz CT molecular complexity index is 736. The van der Waals surface area contributed by atoms with Gasteiger partial charge >= 0.3 is 5.97 Å². The summed E-state index contributed by atoms with van der Waals surface area (Å²) in [6, 6.07) is 2.81. The van der Waals surface area contributed by atoms with E-state index in [1.807, 2.05) is 0 Å². The molecule has 2 saturated heterocycles. The first-order valence-corrected chi connectivity index (χ1v) is 8.57. The maximum absolute atomic E-state index is 12.3. The second-order valence-corrected chi connectivity index (χ2v) is 8.40. The number of carbonyl (C=O) groups is 3. The van der Waals surface area contributed by atoms with E-state index in [2.05, 4.69) is 5.32 Å². The molecule has 4 atom stereocenters. The zero-order valence-corrected chi connectivity index (χ0v) is 14.4. The van der Waals surface area contributed by atoms with Crippen LogP contribution in [0.15, 0.2) is 24.3 Å². The van der Waals surface area contributed by atoms with Crippen LogP contribution in [0.2, 0.25) is 0 Å². The second-order valence-electron chi connectivity index (χ2n) is 6.63. The quantitative estimate of drug-likeness (QED) is 0.606. The van der Waals surface area contributed by atoms with Crippen molar-refractivity contribution in [2.45, 2.75) is 42.1 Å². The van der Waals surface area contributed by atoms with Crippen LogP contribution < -0.4 is 16.2 Å². The molecule has 1 aromatic rings. The number of nitrogens with two attached hydrogens (primary N) is 1. The highest BCUT2D eigenvalue weighted by atomic mass is 32.2. The lowest BCUT2D eigenvalue weighted by molar-refractivity contribution is -0.268. The first-order valence-electron chi connectivity index (χ1n) is 7.69. The monoisotopic (exact) mass is 364 g/mol. The van der Waals surface area contributed by atoms with Gasteiger partial charge in [-0.05, 0) is 19.4 Å². The van der Waals surface area contributed by atoms with Crippen molar-refractivity contribution >= 4 is 29.5 Å². The number of β-lactam (4-membered cyclic amide) rings is 1. The van der Waals surface area contributed by atoms with Gasteiger partial charge in [-0.15, -0.1) is 17.5 Å². The fourth-order valence-corrected chi connectivity index (χ4v) is 4.84. The smallest absolute Gasteiger partial charge is 0.327 e. The molecule has 0 bridgehead atoms. The molecule has 0 saturated carbocycles. The standard InChI is InChI=1S/C16H19N3O5S/c1-16(2)11(15(23)24)19-13(22)10(14(19)25-16)18-12(21)9(17)7-3-5-8(20)6-4-7/h3-6,9-11,14,20H,17H2,1-2H3,(H,18,21)(H,23,24)/p-1/t9-,10-,11+,14-/m1/s1. The van der Waals surface area contributed by atoms with Crippen LogP contribution in [0.3, 0.4) is 0 Å². The van der Waals surface area contributed by atoms with Crippen LogP contribution in [-0.2, 0) is 14.4 Å². The molecular weight excluding hydrogens is 346 g/mol. The molecule has 3 rings (SSSR count). The van der Waals surface area contributed by atoms with E-state index in [0.717, 1.165) is 0 Å². The zero-order chi connectivity index (χ0) is 18.5. The number of thioether (sulfide) groups is 1. The van der Waals surface area contributed by atoms with Gasteiger partial charge in [-0.25, -0.2) is 4.79 Å². The van der Waals surface area contributed by atoms with Crippen molar-refractivity contribution in [1.82, 2.24) is 10.2 Å². The number of hydrogen-bond acceptors (Lipinski definition) is 6. The lowest BCUT2D eigenvalue weighted by Gasteiger charge is -2.43. The van der Waals surface area contributed by atoms with Crippen LogP contribution in [0.4, 0.5) is 0 Å². The number of amides is 2. The van der Waals surface area contributed by atoms with Crippen LogP contribution in [0.5, 0.6) is 5.75 Å². The number of nitrogens with one attached hydrogen (secondary N) is 1. The van der Waals surface area contributed by atoms with Crippen molar-refractivity contribution in [2.24, 2.45) is 5.73 Å².